The van der Waals surface area contributed by atoms with Crippen LogP contribution in [-0.2, 0) is 22.4 Å². The van der Waals surface area contributed by atoms with Crippen LogP contribution in [-0.4, -0.2) is 24.6 Å². The molecule has 1 heterocycles. The van der Waals surface area contributed by atoms with Crippen molar-refractivity contribution in [3.63, 3.8) is 0 Å². The zero-order valence-corrected chi connectivity index (χ0v) is 13.7. The van der Waals surface area contributed by atoms with Crippen molar-refractivity contribution < 1.29 is 14.3 Å². The first kappa shape index (κ1) is 16.3. The van der Waals surface area contributed by atoms with E-state index in [4.69, 9.17) is 16.3 Å². The summed E-state index contributed by atoms with van der Waals surface area (Å²) in [4.78, 5) is 23.1. The average molecular weight is 345 g/mol. The van der Waals surface area contributed by atoms with Crippen molar-refractivity contribution in [1.29, 1.82) is 0 Å². The van der Waals surface area contributed by atoms with Gasteiger partial charge in [0, 0.05) is 10.7 Å². The summed E-state index contributed by atoms with van der Waals surface area (Å²) in [7, 11) is 0. The van der Waals surface area contributed by atoms with E-state index in [0.29, 0.717) is 24.5 Å². The molecule has 0 bridgehead atoms. The minimum Gasteiger partial charge on any atom is -0.447 e. The van der Waals surface area contributed by atoms with E-state index in [1.165, 1.54) is 0 Å². The zero-order valence-electron chi connectivity index (χ0n) is 12.9. The number of rotatable bonds is 5. The van der Waals surface area contributed by atoms with Gasteiger partial charge in [-0.3, -0.25) is 4.79 Å². The number of carbonyl (C=O) groups excluding carboxylic acids is 2. The molecular formula is C18H17ClN2O3. The molecule has 3 rings (SSSR count). The quantitative estimate of drug-likeness (QED) is 0.875. The van der Waals surface area contributed by atoms with Gasteiger partial charge in [-0.1, -0.05) is 35.9 Å². The van der Waals surface area contributed by atoms with Crippen LogP contribution >= 0.6 is 11.6 Å². The number of cyclic esters (lactones) is 1. The maximum absolute atomic E-state index is 12.1. The molecule has 1 fully saturated rings. The third-order valence-corrected chi connectivity index (χ3v) is 3.99. The Morgan fingerprint density at radius 2 is 1.79 bits per heavy atom. The summed E-state index contributed by atoms with van der Waals surface area (Å²) in [5, 5.41) is 6.26. The second kappa shape index (κ2) is 7.36. The van der Waals surface area contributed by atoms with Crippen LogP contribution in [0.3, 0.4) is 0 Å². The van der Waals surface area contributed by atoms with Gasteiger partial charge in [0.25, 0.3) is 0 Å². The maximum atomic E-state index is 12.1. The van der Waals surface area contributed by atoms with Gasteiger partial charge in [0.15, 0.2) is 0 Å². The molecule has 2 aromatic carbocycles. The lowest BCUT2D eigenvalue weighted by atomic mass is 10.1. The average Bonchev–Trinajstić information content (AvgIpc) is 2.96. The molecule has 2 amide bonds. The highest BCUT2D eigenvalue weighted by Crippen LogP contribution is 2.14. The molecule has 5 nitrogen and oxygen atoms in total. The van der Waals surface area contributed by atoms with E-state index in [0.717, 1.165) is 16.8 Å². The van der Waals surface area contributed by atoms with Crippen molar-refractivity contribution in [3.05, 3.63) is 64.7 Å². The molecule has 0 aromatic heterocycles. The third kappa shape index (κ3) is 4.49. The van der Waals surface area contributed by atoms with Gasteiger partial charge in [0.1, 0.15) is 6.61 Å². The van der Waals surface area contributed by atoms with Gasteiger partial charge in [-0.05, 0) is 41.8 Å². The van der Waals surface area contributed by atoms with E-state index in [2.05, 4.69) is 10.6 Å². The van der Waals surface area contributed by atoms with Gasteiger partial charge >= 0.3 is 6.09 Å². The molecule has 1 aliphatic rings. The molecule has 0 aliphatic carbocycles. The summed E-state index contributed by atoms with van der Waals surface area (Å²) >= 11 is 5.83. The molecule has 1 saturated heterocycles. The van der Waals surface area contributed by atoms with Crippen molar-refractivity contribution in [2.75, 3.05) is 11.9 Å². The van der Waals surface area contributed by atoms with Gasteiger partial charge in [0.05, 0.1) is 12.5 Å². The fourth-order valence-corrected chi connectivity index (χ4v) is 2.66. The largest absolute Gasteiger partial charge is 0.447 e. The lowest BCUT2D eigenvalue weighted by Crippen LogP contribution is -2.28. The number of benzene rings is 2. The number of hydrogen-bond donors (Lipinski definition) is 2. The van der Waals surface area contributed by atoms with Crippen molar-refractivity contribution in [2.24, 2.45) is 0 Å². The molecule has 1 atom stereocenters. The van der Waals surface area contributed by atoms with E-state index in [1.807, 2.05) is 36.4 Å². The highest BCUT2D eigenvalue weighted by atomic mass is 35.5. The predicted molar refractivity (Wildman–Crippen MR) is 92.2 cm³/mol. The van der Waals surface area contributed by atoms with Crippen LogP contribution in [0.2, 0.25) is 5.02 Å². The Labute approximate surface area is 145 Å². The lowest BCUT2D eigenvalue weighted by Gasteiger charge is -2.09. The Hall–Kier alpha value is -2.53. The number of halogens is 1. The maximum Gasteiger partial charge on any atom is 0.407 e. The Balaban J connectivity index is 1.52. The lowest BCUT2D eigenvalue weighted by molar-refractivity contribution is -0.115. The second-order valence-corrected chi connectivity index (χ2v) is 6.13. The molecule has 1 aliphatic heterocycles. The molecule has 0 saturated carbocycles. The van der Waals surface area contributed by atoms with E-state index < -0.39 is 0 Å². The third-order valence-electron chi connectivity index (χ3n) is 3.74. The predicted octanol–water partition coefficient (Wildman–Crippen LogP) is 3.17. The standard InChI is InChI=1S/C18H17ClN2O3/c19-14-5-1-13(2-6-14)10-17(22)20-15-7-3-12(4-8-15)9-16-11-24-18(23)21-16/h1-8,16H,9-11H2,(H,20,22)(H,21,23). The Morgan fingerprint density at radius 1 is 1.12 bits per heavy atom. The number of amides is 2. The first-order chi connectivity index (χ1) is 11.6. The van der Waals surface area contributed by atoms with Gasteiger partial charge in [0.2, 0.25) is 5.91 Å². The molecule has 2 aromatic rings. The summed E-state index contributed by atoms with van der Waals surface area (Å²) in [6, 6.07) is 14.8. The normalized spacial score (nSPS) is 16.4. The van der Waals surface area contributed by atoms with E-state index in [9.17, 15) is 9.59 Å². The topological polar surface area (TPSA) is 67.4 Å². The van der Waals surface area contributed by atoms with Crippen LogP contribution in [0, 0.1) is 0 Å². The van der Waals surface area contributed by atoms with E-state index in [-0.39, 0.29) is 18.0 Å². The molecule has 1 unspecified atom stereocenters. The van der Waals surface area contributed by atoms with Crippen LogP contribution in [0.15, 0.2) is 48.5 Å². The molecule has 6 heteroatoms. The van der Waals surface area contributed by atoms with Crippen molar-refractivity contribution in [2.45, 2.75) is 18.9 Å². The van der Waals surface area contributed by atoms with Crippen molar-refractivity contribution in [1.82, 2.24) is 5.32 Å². The molecule has 0 radical (unpaired) electrons. The highest BCUT2D eigenvalue weighted by molar-refractivity contribution is 6.30. The van der Waals surface area contributed by atoms with Gasteiger partial charge < -0.3 is 15.4 Å². The summed E-state index contributed by atoms with van der Waals surface area (Å²) in [6.45, 7) is 0.387. The summed E-state index contributed by atoms with van der Waals surface area (Å²) in [6.07, 6.45) is 0.626. The number of alkyl carbamates (subject to hydrolysis) is 1. The molecule has 0 spiro atoms. The number of hydrogen-bond acceptors (Lipinski definition) is 3. The molecule has 24 heavy (non-hydrogen) atoms. The van der Waals surface area contributed by atoms with Gasteiger partial charge in [-0.15, -0.1) is 0 Å². The fraction of sp³-hybridized carbons (Fsp3) is 0.222. The van der Waals surface area contributed by atoms with Crippen LogP contribution < -0.4 is 10.6 Å². The zero-order chi connectivity index (χ0) is 16.9. The van der Waals surface area contributed by atoms with Crippen LogP contribution in [0.4, 0.5) is 10.5 Å². The second-order valence-electron chi connectivity index (χ2n) is 5.69. The minimum absolute atomic E-state index is 0.00264. The SMILES string of the molecule is O=C(Cc1ccc(Cl)cc1)Nc1ccc(CC2COC(=O)N2)cc1. The first-order valence-corrected chi connectivity index (χ1v) is 8.03. The van der Waals surface area contributed by atoms with Crippen molar-refractivity contribution in [3.8, 4) is 0 Å². The van der Waals surface area contributed by atoms with Crippen LogP contribution in [0.5, 0.6) is 0 Å². The summed E-state index contributed by atoms with van der Waals surface area (Å²) < 4.78 is 4.86. The highest BCUT2D eigenvalue weighted by Gasteiger charge is 2.22. The Morgan fingerprint density at radius 3 is 2.42 bits per heavy atom. The van der Waals surface area contributed by atoms with Crippen LogP contribution in [0.1, 0.15) is 11.1 Å². The Bertz CT molecular complexity index is 729. The Kier molecular flexibility index (Phi) is 5.01. The monoisotopic (exact) mass is 344 g/mol. The molecular weight excluding hydrogens is 328 g/mol. The number of nitrogens with one attached hydrogen (secondary N) is 2. The minimum atomic E-state index is -0.369. The van der Waals surface area contributed by atoms with E-state index in [1.54, 1.807) is 12.1 Å². The van der Waals surface area contributed by atoms with Crippen molar-refractivity contribution >= 4 is 29.3 Å². The van der Waals surface area contributed by atoms with Gasteiger partial charge in [-0.2, -0.15) is 0 Å². The van der Waals surface area contributed by atoms with E-state index >= 15 is 0 Å². The van der Waals surface area contributed by atoms with Gasteiger partial charge in [-0.25, -0.2) is 4.79 Å². The van der Waals surface area contributed by atoms with Crippen LogP contribution in [0.25, 0.3) is 0 Å². The fourth-order valence-electron chi connectivity index (χ4n) is 2.54. The number of ether oxygens (including phenoxy) is 1. The first-order valence-electron chi connectivity index (χ1n) is 7.65. The number of carbonyl (C=O) groups is 2. The molecule has 2 N–H and O–H groups in total. The number of anilines is 1. The summed E-state index contributed by atoms with van der Waals surface area (Å²) in [5.74, 6) is -0.0819. The molecule has 124 valence electrons. The summed E-state index contributed by atoms with van der Waals surface area (Å²) in [5.41, 5.74) is 2.72. The smallest absolute Gasteiger partial charge is 0.407 e.